The standard InChI is InChI=1S/C25H28N6O2.C11H11N3.C5H5BrN2.C5H5N2.3C4H9.Sn/c1-16-13-17(5-8-26-16)18-6-9-27-20(14-18)28-21-15-19-7-10-31(11-12-32)24(33)22(19)23(29-21)30-25(2,3)4;1-8-6-9(2-4-13-8)10-3-5-14-11(12)7-10;6-4-1-2-8-5(7)3-4;6-5-3-1-2-4-7-5;3*1-3-4-2;/h5-10,13-15,32H,11-12H2,1-4H3,(H2,27,28,29,30);2-7H,1H3,(H2,12,14);1-3H,(H2,7,8);2-4H,(H2,6,7);3*1,3-4H2,2H3;. The fourth-order valence-corrected chi connectivity index (χ4v) is 24.8. The summed E-state index contributed by atoms with van der Waals surface area (Å²) in [4.78, 5) is 42.6. The minimum Gasteiger partial charge on any atom is -0.395 e. The Morgan fingerprint density at radius 2 is 1.11 bits per heavy atom. The molecule has 75 heavy (non-hydrogen) atoms. The minimum absolute atomic E-state index is 0.112. The van der Waals surface area contributed by atoms with Crippen molar-refractivity contribution in [3.05, 3.63) is 155 Å². The molecule has 0 fully saturated rings. The summed E-state index contributed by atoms with van der Waals surface area (Å²) in [6.45, 7) is 17.0. The van der Waals surface area contributed by atoms with Gasteiger partial charge in [-0.05, 0) is 135 Å². The second-order valence-electron chi connectivity index (χ2n) is 19.6. The predicted octanol–water partition coefficient (Wildman–Crippen LogP) is 12.3. The summed E-state index contributed by atoms with van der Waals surface area (Å²) < 4.78 is 8.57. The van der Waals surface area contributed by atoms with Gasteiger partial charge in [-0.3, -0.25) is 14.8 Å². The first-order valence-electron chi connectivity index (χ1n) is 25.8. The zero-order valence-corrected chi connectivity index (χ0v) is 49.4. The zero-order valence-electron chi connectivity index (χ0n) is 44.9. The number of nitrogen functional groups attached to an aromatic ring is 3. The molecule has 0 aliphatic rings. The van der Waals surface area contributed by atoms with Crippen LogP contribution in [0.5, 0.6) is 0 Å². The van der Waals surface area contributed by atoms with E-state index >= 15 is 0 Å². The normalized spacial score (nSPS) is 11.1. The third-order valence-corrected chi connectivity index (χ3v) is 28.3. The Morgan fingerprint density at radius 1 is 0.613 bits per heavy atom. The third-order valence-electron chi connectivity index (χ3n) is 12.2. The number of pyridine rings is 8. The number of nitrogens with two attached hydrogens (primary N) is 3. The SMILES string of the molecule is CCC[CH2][Sn]([CH2]CCC)([CH2]CCC)[c]1ccnc(N)c1.Cc1cc(-c2ccnc(N)c2)ccn1.Cc1cc(-c2ccnc(Nc3cc4ccn(CCO)c(=O)c4c(NC(C)(C)C)n3)c2)ccn1.Nc1cc(Br)ccn1. The summed E-state index contributed by atoms with van der Waals surface area (Å²) in [5.41, 5.74) is 22.6. The largest absolute Gasteiger partial charge is 0.395 e. The van der Waals surface area contributed by atoms with Crippen LogP contribution in [0.4, 0.5) is 34.9 Å². The number of nitrogens with one attached hydrogen (secondary N) is 2. The predicted molar refractivity (Wildman–Crippen MR) is 318 cm³/mol. The summed E-state index contributed by atoms with van der Waals surface area (Å²) in [7, 11) is 0. The second kappa shape index (κ2) is 29.6. The van der Waals surface area contributed by atoms with Gasteiger partial charge in [0.25, 0.3) is 5.56 Å². The van der Waals surface area contributed by atoms with Gasteiger partial charge in [0.15, 0.2) is 0 Å². The van der Waals surface area contributed by atoms with E-state index in [1.165, 1.54) is 56.4 Å². The average Bonchev–Trinajstić information content (AvgIpc) is 3.37. The second-order valence-corrected chi connectivity index (χ2v) is 33.7. The quantitative estimate of drug-likeness (QED) is 0.0466. The van der Waals surface area contributed by atoms with Crippen LogP contribution in [-0.2, 0) is 6.54 Å². The summed E-state index contributed by atoms with van der Waals surface area (Å²) in [5.74, 6) is 3.50. The molecule has 0 bridgehead atoms. The van der Waals surface area contributed by atoms with E-state index in [0.717, 1.165) is 43.5 Å². The summed E-state index contributed by atoms with van der Waals surface area (Å²) in [6.07, 6.45) is 20.4. The van der Waals surface area contributed by atoms with Crippen molar-refractivity contribution in [1.29, 1.82) is 0 Å². The molecule has 0 aromatic carbocycles. The molecule has 8 aromatic heterocycles. The number of hydrogen-bond donors (Lipinski definition) is 6. The van der Waals surface area contributed by atoms with Crippen LogP contribution < -0.4 is 37.0 Å². The van der Waals surface area contributed by atoms with Crippen LogP contribution in [0.15, 0.2) is 138 Å². The number of fused-ring (bicyclic) bond motifs is 1. The number of aromatic nitrogens is 8. The van der Waals surface area contributed by atoms with Gasteiger partial charge < -0.3 is 31.8 Å². The van der Waals surface area contributed by atoms with E-state index in [9.17, 15) is 9.90 Å². The van der Waals surface area contributed by atoms with Crippen LogP contribution in [0.1, 0.15) is 91.5 Å². The molecular weight excluding hydrogens is 1110 g/mol. The Kier molecular flexibility index (Phi) is 23.4. The van der Waals surface area contributed by atoms with E-state index in [0.29, 0.717) is 40.3 Å². The van der Waals surface area contributed by atoms with E-state index in [2.05, 4.69) is 89.4 Å². The van der Waals surface area contributed by atoms with Crippen molar-refractivity contribution in [3.8, 4) is 22.3 Å². The molecule has 8 aromatic rings. The van der Waals surface area contributed by atoms with Gasteiger partial charge in [-0.1, -0.05) is 15.9 Å². The fourth-order valence-electron chi connectivity index (χ4n) is 8.54. The summed E-state index contributed by atoms with van der Waals surface area (Å²) in [6, 6.07) is 27.4. The monoisotopic (exact) mass is 1190 g/mol. The molecule has 0 saturated heterocycles. The molecule has 0 unspecified atom stereocenters. The van der Waals surface area contributed by atoms with E-state index in [1.807, 2.05) is 108 Å². The summed E-state index contributed by atoms with van der Waals surface area (Å²) in [5, 5.41) is 17.2. The van der Waals surface area contributed by atoms with Crippen LogP contribution in [0, 0.1) is 13.8 Å². The van der Waals surface area contributed by atoms with Crippen LogP contribution in [0.2, 0.25) is 13.3 Å². The maximum Gasteiger partial charge on any atom is 0.262 e. The average molecular weight is 1190 g/mol. The first kappa shape index (κ1) is 59.4. The van der Waals surface area contributed by atoms with Crippen LogP contribution >= 0.6 is 15.9 Å². The number of halogens is 1. The van der Waals surface area contributed by atoms with Crippen molar-refractivity contribution < 1.29 is 5.11 Å². The van der Waals surface area contributed by atoms with Gasteiger partial charge >= 0.3 is 129 Å². The number of unbranched alkanes of at least 4 members (excludes halogenated alkanes) is 3. The van der Waals surface area contributed by atoms with Crippen LogP contribution in [0.25, 0.3) is 33.0 Å². The molecule has 0 atom stereocenters. The zero-order chi connectivity index (χ0) is 54.4. The van der Waals surface area contributed by atoms with Crippen molar-refractivity contribution >= 4 is 83.6 Å². The van der Waals surface area contributed by atoms with Gasteiger partial charge in [0.2, 0.25) is 0 Å². The van der Waals surface area contributed by atoms with Gasteiger partial charge in [0.1, 0.15) is 29.1 Å². The van der Waals surface area contributed by atoms with Gasteiger partial charge in [0.05, 0.1) is 12.0 Å². The number of nitrogens with zero attached hydrogens (tertiary/aromatic N) is 8. The smallest absolute Gasteiger partial charge is 0.262 e. The Bertz CT molecular complexity index is 3030. The van der Waals surface area contributed by atoms with E-state index < -0.39 is 18.4 Å². The van der Waals surface area contributed by atoms with Crippen molar-refractivity contribution in [2.75, 3.05) is 34.4 Å². The maximum atomic E-state index is 13.1. The van der Waals surface area contributed by atoms with Crippen LogP contribution in [0.3, 0.4) is 0 Å². The molecule has 8 heterocycles. The van der Waals surface area contributed by atoms with Crippen molar-refractivity contribution in [2.24, 2.45) is 0 Å². The van der Waals surface area contributed by atoms with Gasteiger partial charge in [-0.25, -0.2) is 19.9 Å². The van der Waals surface area contributed by atoms with Crippen molar-refractivity contribution in [2.45, 2.75) is 119 Å². The molecule has 15 nitrogen and oxygen atoms in total. The molecule has 0 aliphatic carbocycles. The van der Waals surface area contributed by atoms with E-state index in [-0.39, 0.29) is 24.2 Å². The Hall–Kier alpha value is -6.50. The number of aliphatic hydroxyl groups is 1. The fraction of sp³-hybridized carbons (Fsp3) is 0.345. The Morgan fingerprint density at radius 3 is 1.59 bits per heavy atom. The molecule has 0 radical (unpaired) electrons. The molecule has 0 amide bonds. The molecule has 8 rings (SSSR count). The van der Waals surface area contributed by atoms with Gasteiger partial charge in [0, 0.05) is 65.1 Å². The molecular formula is C58H76BrN13O2Sn. The van der Waals surface area contributed by atoms with Gasteiger partial charge in [-0.15, -0.1) is 0 Å². The number of aliphatic hydroxyl groups excluding tert-OH is 1. The topological polar surface area (TPSA) is 235 Å². The van der Waals surface area contributed by atoms with E-state index in [4.69, 9.17) is 22.2 Å². The molecule has 9 N–H and O–H groups in total. The van der Waals surface area contributed by atoms with E-state index in [1.54, 1.807) is 46.8 Å². The molecule has 17 heteroatoms. The minimum atomic E-state index is -2.26. The maximum absolute atomic E-state index is 13.1. The first-order valence-corrected chi connectivity index (χ1v) is 34.1. The number of hydrogen-bond acceptors (Lipinski definition) is 14. The molecule has 0 aliphatic heterocycles. The summed E-state index contributed by atoms with van der Waals surface area (Å²) >= 11 is 0.983. The number of rotatable bonds is 17. The molecule has 0 spiro atoms. The molecule has 396 valence electrons. The Labute approximate surface area is 455 Å². The third kappa shape index (κ3) is 19.0. The van der Waals surface area contributed by atoms with Crippen molar-refractivity contribution in [3.63, 3.8) is 0 Å². The molecule has 0 saturated carbocycles. The Balaban J connectivity index is 0.000000209. The number of aryl methyl sites for hydroxylation is 2. The first-order chi connectivity index (χ1) is 36.0. The van der Waals surface area contributed by atoms with Crippen LogP contribution in [-0.4, -0.2) is 75.1 Å². The van der Waals surface area contributed by atoms with Crippen molar-refractivity contribution in [1.82, 2.24) is 39.5 Å². The number of anilines is 6. The van der Waals surface area contributed by atoms with Gasteiger partial charge in [-0.2, -0.15) is 0 Å².